The zero-order valence-electron chi connectivity index (χ0n) is 11.7. The molecule has 1 fully saturated rings. The fourth-order valence-electron chi connectivity index (χ4n) is 3.11. The first kappa shape index (κ1) is 14.3. The number of thiazole rings is 1. The molecule has 0 unspecified atom stereocenters. The third-order valence-corrected chi connectivity index (χ3v) is 5.91. The molecule has 1 aromatic rings. The Hall–Kier alpha value is -0.0800. The van der Waals surface area contributed by atoms with Crippen molar-refractivity contribution in [2.24, 2.45) is 16.7 Å². The van der Waals surface area contributed by atoms with Crippen molar-refractivity contribution in [2.45, 2.75) is 52.9 Å². The first-order valence-electron chi connectivity index (χ1n) is 6.90. The van der Waals surface area contributed by atoms with Gasteiger partial charge in [0.15, 0.2) is 0 Å². The Bertz CT molecular complexity index is 358. The lowest BCUT2D eigenvalue weighted by molar-refractivity contribution is 0.102. The Morgan fingerprint density at radius 3 is 2.50 bits per heavy atom. The molecule has 0 atom stereocenters. The number of halogens is 1. The summed E-state index contributed by atoms with van der Waals surface area (Å²) in [7, 11) is 0. The van der Waals surface area contributed by atoms with Crippen LogP contribution in [-0.4, -0.2) is 10.9 Å². The molecule has 1 saturated carbocycles. The molecule has 0 radical (unpaired) electrons. The van der Waals surface area contributed by atoms with E-state index >= 15 is 0 Å². The minimum absolute atomic E-state index is 0.307. The van der Waals surface area contributed by atoms with Gasteiger partial charge in [-0.1, -0.05) is 20.8 Å². The molecule has 0 aliphatic heterocycles. The summed E-state index contributed by atoms with van der Waals surface area (Å²) in [5.41, 5.74) is 0.751. The summed E-state index contributed by atoms with van der Waals surface area (Å²) in [6.07, 6.45) is 8.15. The monoisotopic (exact) mass is 285 g/mol. The van der Waals surface area contributed by atoms with Gasteiger partial charge in [-0.15, -0.1) is 22.9 Å². The molecule has 1 aromatic heterocycles. The van der Waals surface area contributed by atoms with E-state index in [0.717, 1.165) is 18.2 Å². The summed E-state index contributed by atoms with van der Waals surface area (Å²) < 4.78 is 0. The number of nitrogens with zero attached hydrogens (tertiary/aromatic N) is 1. The van der Waals surface area contributed by atoms with Crippen LogP contribution in [0.5, 0.6) is 0 Å². The van der Waals surface area contributed by atoms with Crippen molar-refractivity contribution < 1.29 is 0 Å². The maximum atomic E-state index is 6.29. The van der Waals surface area contributed by atoms with Gasteiger partial charge in [0.2, 0.25) is 0 Å². The Kier molecular flexibility index (Phi) is 4.38. The fraction of sp³-hybridized carbons (Fsp3) is 0.800. The highest BCUT2D eigenvalue weighted by molar-refractivity contribution is 7.09. The van der Waals surface area contributed by atoms with Gasteiger partial charge in [0.25, 0.3) is 0 Å². The van der Waals surface area contributed by atoms with Crippen LogP contribution < -0.4 is 0 Å². The van der Waals surface area contributed by atoms with Crippen LogP contribution in [0.4, 0.5) is 0 Å². The second kappa shape index (κ2) is 5.50. The minimum atomic E-state index is 0.307. The first-order chi connectivity index (χ1) is 8.45. The predicted octanol–water partition coefficient (Wildman–Crippen LogP) is 5.15. The molecule has 0 saturated heterocycles. The SMILES string of the molecule is CC(C)(C)C1CCC(CCl)(Cc2nccs2)CC1. The van der Waals surface area contributed by atoms with E-state index in [1.165, 1.54) is 30.7 Å². The van der Waals surface area contributed by atoms with E-state index < -0.39 is 0 Å². The Morgan fingerprint density at radius 1 is 1.39 bits per heavy atom. The molecular formula is C15H24ClNS. The average Bonchev–Trinajstić information content (AvgIpc) is 2.81. The highest BCUT2D eigenvalue weighted by Gasteiger charge is 2.38. The van der Waals surface area contributed by atoms with Gasteiger partial charge in [0.1, 0.15) is 0 Å². The van der Waals surface area contributed by atoms with Crippen LogP contribution >= 0.6 is 22.9 Å². The molecule has 1 heterocycles. The molecular weight excluding hydrogens is 262 g/mol. The molecule has 102 valence electrons. The van der Waals surface area contributed by atoms with Crippen molar-refractivity contribution in [3.8, 4) is 0 Å². The lowest BCUT2D eigenvalue weighted by Gasteiger charge is -2.43. The molecule has 0 aromatic carbocycles. The molecule has 0 spiro atoms. The van der Waals surface area contributed by atoms with E-state index in [4.69, 9.17) is 11.6 Å². The van der Waals surface area contributed by atoms with Crippen molar-refractivity contribution in [3.05, 3.63) is 16.6 Å². The lowest BCUT2D eigenvalue weighted by Crippen LogP contribution is -2.35. The second-order valence-electron chi connectivity index (χ2n) is 6.88. The zero-order valence-corrected chi connectivity index (χ0v) is 13.3. The van der Waals surface area contributed by atoms with Gasteiger partial charge in [-0.3, -0.25) is 0 Å². The number of aromatic nitrogens is 1. The van der Waals surface area contributed by atoms with E-state index in [1.807, 2.05) is 6.20 Å². The lowest BCUT2D eigenvalue weighted by atomic mass is 9.64. The highest BCUT2D eigenvalue weighted by atomic mass is 35.5. The van der Waals surface area contributed by atoms with Crippen molar-refractivity contribution in [1.82, 2.24) is 4.98 Å². The van der Waals surface area contributed by atoms with Crippen LogP contribution in [0.15, 0.2) is 11.6 Å². The molecule has 0 amide bonds. The Labute approximate surface area is 120 Å². The van der Waals surface area contributed by atoms with Gasteiger partial charge in [0, 0.05) is 23.9 Å². The Morgan fingerprint density at radius 2 is 2.06 bits per heavy atom. The summed E-state index contributed by atoms with van der Waals surface area (Å²) in [4.78, 5) is 4.43. The van der Waals surface area contributed by atoms with Crippen molar-refractivity contribution in [1.29, 1.82) is 0 Å². The number of alkyl halides is 1. The number of hydrogen-bond donors (Lipinski definition) is 0. The maximum Gasteiger partial charge on any atom is 0.0930 e. The van der Waals surface area contributed by atoms with Gasteiger partial charge in [-0.05, 0) is 42.4 Å². The number of hydrogen-bond acceptors (Lipinski definition) is 2. The minimum Gasteiger partial charge on any atom is -0.250 e. The molecule has 18 heavy (non-hydrogen) atoms. The van der Waals surface area contributed by atoms with Crippen LogP contribution in [0.2, 0.25) is 0 Å². The van der Waals surface area contributed by atoms with Gasteiger partial charge in [-0.2, -0.15) is 0 Å². The van der Waals surface area contributed by atoms with Crippen molar-refractivity contribution >= 4 is 22.9 Å². The predicted molar refractivity (Wildman–Crippen MR) is 80.4 cm³/mol. The van der Waals surface area contributed by atoms with Crippen LogP contribution in [0.3, 0.4) is 0 Å². The summed E-state index contributed by atoms with van der Waals surface area (Å²) in [6, 6.07) is 0. The smallest absolute Gasteiger partial charge is 0.0930 e. The van der Waals surface area contributed by atoms with Crippen LogP contribution in [0.1, 0.15) is 51.5 Å². The van der Waals surface area contributed by atoms with Gasteiger partial charge < -0.3 is 0 Å². The molecule has 3 heteroatoms. The molecule has 2 rings (SSSR count). The van der Waals surface area contributed by atoms with E-state index in [-0.39, 0.29) is 0 Å². The van der Waals surface area contributed by atoms with E-state index in [1.54, 1.807) is 11.3 Å². The third kappa shape index (κ3) is 3.27. The van der Waals surface area contributed by atoms with E-state index in [9.17, 15) is 0 Å². The molecule has 0 N–H and O–H groups in total. The Balaban J connectivity index is 2.00. The number of rotatable bonds is 3. The standard InChI is InChI=1S/C15H24ClNS/c1-14(2,3)12-4-6-15(11-16,7-5-12)10-13-17-8-9-18-13/h8-9,12H,4-7,10-11H2,1-3H3. The highest BCUT2D eigenvalue weighted by Crippen LogP contribution is 2.47. The van der Waals surface area contributed by atoms with Crippen LogP contribution in [0.25, 0.3) is 0 Å². The average molecular weight is 286 g/mol. The first-order valence-corrected chi connectivity index (χ1v) is 8.31. The summed E-state index contributed by atoms with van der Waals surface area (Å²) in [5.74, 6) is 1.63. The third-order valence-electron chi connectivity index (χ3n) is 4.56. The van der Waals surface area contributed by atoms with Gasteiger partial charge in [0.05, 0.1) is 5.01 Å². The summed E-state index contributed by atoms with van der Waals surface area (Å²) >= 11 is 8.06. The summed E-state index contributed by atoms with van der Waals surface area (Å²) in [6.45, 7) is 7.10. The van der Waals surface area contributed by atoms with E-state index in [0.29, 0.717) is 10.8 Å². The normalized spacial score (nSPS) is 29.4. The molecule has 1 aliphatic rings. The fourth-order valence-corrected chi connectivity index (χ4v) is 4.27. The van der Waals surface area contributed by atoms with Crippen LogP contribution in [0, 0.1) is 16.7 Å². The molecule has 0 bridgehead atoms. The largest absolute Gasteiger partial charge is 0.250 e. The molecule has 1 aliphatic carbocycles. The van der Waals surface area contributed by atoms with Gasteiger partial charge in [-0.25, -0.2) is 4.98 Å². The van der Waals surface area contributed by atoms with Crippen LogP contribution in [-0.2, 0) is 6.42 Å². The van der Waals surface area contributed by atoms with Crippen molar-refractivity contribution in [3.63, 3.8) is 0 Å². The zero-order chi connectivity index (χ0) is 13.2. The van der Waals surface area contributed by atoms with E-state index in [2.05, 4.69) is 31.1 Å². The quantitative estimate of drug-likeness (QED) is 0.700. The second-order valence-corrected chi connectivity index (χ2v) is 8.12. The van der Waals surface area contributed by atoms with Crippen molar-refractivity contribution in [2.75, 3.05) is 5.88 Å². The topological polar surface area (TPSA) is 12.9 Å². The van der Waals surface area contributed by atoms with Gasteiger partial charge >= 0.3 is 0 Å². The summed E-state index contributed by atoms with van der Waals surface area (Å²) in [5, 5.41) is 3.32. The maximum absolute atomic E-state index is 6.29. The molecule has 1 nitrogen and oxygen atoms in total.